The highest BCUT2D eigenvalue weighted by atomic mass is 16.1. The molecule has 106 valence electrons. The van der Waals surface area contributed by atoms with Gasteiger partial charge in [-0.3, -0.25) is 4.79 Å². The second-order valence-corrected chi connectivity index (χ2v) is 5.31. The lowest BCUT2D eigenvalue weighted by Crippen LogP contribution is -2.33. The highest BCUT2D eigenvalue weighted by Gasteiger charge is 2.14. The molecule has 1 unspecified atom stereocenters. The predicted octanol–water partition coefficient (Wildman–Crippen LogP) is 3.53. The van der Waals surface area contributed by atoms with Gasteiger partial charge in [0.2, 0.25) is 0 Å². The van der Waals surface area contributed by atoms with Crippen molar-refractivity contribution in [1.29, 1.82) is 0 Å². The Labute approximate surface area is 124 Å². The maximum atomic E-state index is 12.4. The number of hydrogen-bond acceptors (Lipinski definition) is 1. The number of nitrogens with one attached hydrogen (secondary N) is 2. The first-order valence-electron chi connectivity index (χ1n) is 7.15. The molecule has 0 radical (unpaired) electrons. The number of benzene rings is 2. The number of hydrogen-bond donors (Lipinski definition) is 2. The SMILES string of the molecule is CC(Cc1ccccc1)NC(=O)c1c[nH]c2ccccc12. The van der Waals surface area contributed by atoms with Crippen molar-refractivity contribution in [2.75, 3.05) is 0 Å². The van der Waals surface area contributed by atoms with Crippen LogP contribution in [0.1, 0.15) is 22.8 Å². The van der Waals surface area contributed by atoms with E-state index < -0.39 is 0 Å². The minimum absolute atomic E-state index is 0.0316. The molecule has 0 spiro atoms. The van der Waals surface area contributed by atoms with Gasteiger partial charge in [-0.2, -0.15) is 0 Å². The first kappa shape index (κ1) is 13.4. The summed E-state index contributed by atoms with van der Waals surface area (Å²) in [6.07, 6.45) is 2.60. The maximum Gasteiger partial charge on any atom is 0.253 e. The quantitative estimate of drug-likeness (QED) is 0.753. The van der Waals surface area contributed by atoms with E-state index in [4.69, 9.17) is 0 Å². The smallest absolute Gasteiger partial charge is 0.253 e. The average molecular weight is 278 g/mol. The van der Waals surface area contributed by atoms with E-state index in [0.717, 1.165) is 17.3 Å². The molecule has 3 nitrogen and oxygen atoms in total. The van der Waals surface area contributed by atoms with Crippen LogP contribution < -0.4 is 5.32 Å². The molecule has 3 heteroatoms. The van der Waals surface area contributed by atoms with E-state index in [1.165, 1.54) is 5.56 Å². The molecule has 0 fully saturated rings. The molecule has 1 heterocycles. The average Bonchev–Trinajstić information content (AvgIpc) is 2.92. The molecule has 1 atom stereocenters. The molecular formula is C18H18N2O. The van der Waals surface area contributed by atoms with E-state index in [9.17, 15) is 4.79 Å². The first-order chi connectivity index (χ1) is 10.2. The number of H-pyrrole nitrogens is 1. The van der Waals surface area contributed by atoms with E-state index in [2.05, 4.69) is 22.4 Å². The summed E-state index contributed by atoms with van der Waals surface area (Å²) in [4.78, 5) is 15.5. The standard InChI is InChI=1S/C18H18N2O/c1-13(11-14-7-3-2-4-8-14)20-18(21)16-12-19-17-10-6-5-9-15(16)17/h2-10,12-13,19H,11H2,1H3,(H,20,21). The molecule has 0 aliphatic heterocycles. The van der Waals surface area contributed by atoms with Gasteiger partial charge in [-0.15, -0.1) is 0 Å². The van der Waals surface area contributed by atoms with Crippen molar-refractivity contribution in [3.8, 4) is 0 Å². The fourth-order valence-corrected chi connectivity index (χ4v) is 2.58. The van der Waals surface area contributed by atoms with Crippen LogP contribution in [0.15, 0.2) is 60.8 Å². The Kier molecular flexibility index (Phi) is 3.73. The van der Waals surface area contributed by atoms with Gasteiger partial charge < -0.3 is 10.3 Å². The van der Waals surface area contributed by atoms with Crippen molar-refractivity contribution >= 4 is 16.8 Å². The van der Waals surface area contributed by atoms with Gasteiger partial charge in [0.1, 0.15) is 0 Å². The number of aromatic amines is 1. The Hall–Kier alpha value is -2.55. The summed E-state index contributed by atoms with van der Waals surface area (Å²) in [7, 11) is 0. The van der Waals surface area contributed by atoms with Crippen molar-refractivity contribution < 1.29 is 4.79 Å². The van der Waals surface area contributed by atoms with Crippen LogP contribution in [0.5, 0.6) is 0 Å². The zero-order valence-corrected chi connectivity index (χ0v) is 12.0. The lowest BCUT2D eigenvalue weighted by Gasteiger charge is -2.13. The Balaban J connectivity index is 1.71. The third-order valence-corrected chi connectivity index (χ3v) is 3.60. The van der Waals surface area contributed by atoms with E-state index >= 15 is 0 Å². The molecule has 21 heavy (non-hydrogen) atoms. The monoisotopic (exact) mass is 278 g/mol. The van der Waals surface area contributed by atoms with Crippen LogP contribution in [0, 0.1) is 0 Å². The third-order valence-electron chi connectivity index (χ3n) is 3.60. The second kappa shape index (κ2) is 5.83. The van der Waals surface area contributed by atoms with E-state index in [-0.39, 0.29) is 11.9 Å². The molecule has 3 rings (SSSR count). The van der Waals surface area contributed by atoms with Crippen LogP contribution in [-0.2, 0) is 6.42 Å². The number of amides is 1. The number of carbonyl (C=O) groups is 1. The normalized spacial score (nSPS) is 12.2. The summed E-state index contributed by atoms with van der Waals surface area (Å²) in [5, 5.41) is 4.02. The molecule has 1 aromatic heterocycles. The van der Waals surface area contributed by atoms with Crippen LogP contribution in [-0.4, -0.2) is 16.9 Å². The van der Waals surface area contributed by atoms with Gasteiger partial charge in [0.25, 0.3) is 5.91 Å². The summed E-state index contributed by atoms with van der Waals surface area (Å²) in [6, 6.07) is 18.1. The van der Waals surface area contributed by atoms with E-state index in [0.29, 0.717) is 5.56 Å². The number of fused-ring (bicyclic) bond motifs is 1. The number of para-hydroxylation sites is 1. The van der Waals surface area contributed by atoms with Gasteiger partial charge in [0, 0.05) is 23.1 Å². The summed E-state index contributed by atoms with van der Waals surface area (Å²) >= 11 is 0. The molecule has 0 bridgehead atoms. The number of rotatable bonds is 4. The molecule has 0 saturated carbocycles. The van der Waals surface area contributed by atoms with Crippen LogP contribution in [0.3, 0.4) is 0 Å². The summed E-state index contributed by atoms with van der Waals surface area (Å²) in [5.41, 5.74) is 2.91. The third kappa shape index (κ3) is 2.97. The number of carbonyl (C=O) groups excluding carboxylic acids is 1. The van der Waals surface area contributed by atoms with Crippen molar-refractivity contribution in [3.63, 3.8) is 0 Å². The van der Waals surface area contributed by atoms with E-state index in [1.54, 1.807) is 6.20 Å². The molecule has 0 aliphatic rings. The Morgan fingerprint density at radius 3 is 2.62 bits per heavy atom. The molecule has 1 amide bonds. The fourth-order valence-electron chi connectivity index (χ4n) is 2.58. The van der Waals surface area contributed by atoms with Gasteiger partial charge in [-0.25, -0.2) is 0 Å². The van der Waals surface area contributed by atoms with Crippen molar-refractivity contribution in [2.24, 2.45) is 0 Å². The van der Waals surface area contributed by atoms with Crippen molar-refractivity contribution in [2.45, 2.75) is 19.4 Å². The van der Waals surface area contributed by atoms with Crippen molar-refractivity contribution in [1.82, 2.24) is 10.3 Å². The zero-order chi connectivity index (χ0) is 14.7. The fraction of sp³-hybridized carbons (Fsp3) is 0.167. The summed E-state index contributed by atoms with van der Waals surface area (Å²) in [6.45, 7) is 2.03. The van der Waals surface area contributed by atoms with Crippen LogP contribution in [0.25, 0.3) is 10.9 Å². The Morgan fingerprint density at radius 2 is 1.81 bits per heavy atom. The number of aromatic nitrogens is 1. The van der Waals surface area contributed by atoms with Crippen LogP contribution in [0.4, 0.5) is 0 Å². The van der Waals surface area contributed by atoms with Gasteiger partial charge >= 0.3 is 0 Å². The van der Waals surface area contributed by atoms with Gasteiger partial charge in [-0.1, -0.05) is 48.5 Å². The minimum atomic E-state index is -0.0316. The highest BCUT2D eigenvalue weighted by Crippen LogP contribution is 2.17. The molecule has 3 aromatic rings. The maximum absolute atomic E-state index is 12.4. The largest absolute Gasteiger partial charge is 0.360 e. The van der Waals surface area contributed by atoms with Gasteiger partial charge in [0.15, 0.2) is 0 Å². The van der Waals surface area contributed by atoms with Crippen LogP contribution in [0.2, 0.25) is 0 Å². The van der Waals surface area contributed by atoms with Crippen LogP contribution >= 0.6 is 0 Å². The minimum Gasteiger partial charge on any atom is -0.360 e. The Bertz CT molecular complexity index is 746. The molecule has 0 aliphatic carbocycles. The predicted molar refractivity (Wildman–Crippen MR) is 85.4 cm³/mol. The summed E-state index contributed by atoms with van der Waals surface area (Å²) < 4.78 is 0. The molecular weight excluding hydrogens is 260 g/mol. The Morgan fingerprint density at radius 1 is 1.10 bits per heavy atom. The summed E-state index contributed by atoms with van der Waals surface area (Å²) in [5.74, 6) is -0.0316. The highest BCUT2D eigenvalue weighted by molar-refractivity contribution is 6.06. The lowest BCUT2D eigenvalue weighted by atomic mass is 10.1. The molecule has 2 aromatic carbocycles. The van der Waals surface area contributed by atoms with E-state index in [1.807, 2.05) is 49.4 Å². The van der Waals surface area contributed by atoms with Gasteiger partial charge in [0.05, 0.1) is 5.56 Å². The molecule has 0 saturated heterocycles. The second-order valence-electron chi connectivity index (χ2n) is 5.31. The molecule has 2 N–H and O–H groups in total. The van der Waals surface area contributed by atoms with Gasteiger partial charge in [-0.05, 0) is 25.0 Å². The van der Waals surface area contributed by atoms with Crippen molar-refractivity contribution in [3.05, 3.63) is 71.9 Å². The first-order valence-corrected chi connectivity index (χ1v) is 7.15. The topological polar surface area (TPSA) is 44.9 Å². The zero-order valence-electron chi connectivity index (χ0n) is 12.0. The lowest BCUT2D eigenvalue weighted by molar-refractivity contribution is 0.0942.